The first-order chi connectivity index (χ1) is 13.7. The van der Waals surface area contributed by atoms with Gasteiger partial charge in [-0.05, 0) is 31.7 Å². The van der Waals surface area contributed by atoms with Gasteiger partial charge in [-0.2, -0.15) is 0 Å². The zero-order chi connectivity index (χ0) is 19.1. The highest BCUT2D eigenvalue weighted by molar-refractivity contribution is 6.34. The molecule has 0 bridgehead atoms. The predicted molar refractivity (Wildman–Crippen MR) is 108 cm³/mol. The van der Waals surface area contributed by atoms with E-state index < -0.39 is 0 Å². The molecule has 2 aliphatic heterocycles. The van der Waals surface area contributed by atoms with E-state index in [1.807, 2.05) is 6.92 Å². The summed E-state index contributed by atoms with van der Waals surface area (Å²) >= 11 is 6.49. The molecule has 0 radical (unpaired) electrons. The quantitative estimate of drug-likeness (QED) is 0.849. The van der Waals surface area contributed by atoms with Gasteiger partial charge in [0.25, 0.3) is 0 Å². The summed E-state index contributed by atoms with van der Waals surface area (Å²) < 4.78 is 5.61. The van der Waals surface area contributed by atoms with E-state index in [-0.39, 0.29) is 0 Å². The minimum absolute atomic E-state index is 0.327. The van der Waals surface area contributed by atoms with Crippen LogP contribution in [0.5, 0.6) is 0 Å². The van der Waals surface area contributed by atoms with Crippen molar-refractivity contribution in [1.29, 1.82) is 0 Å². The van der Waals surface area contributed by atoms with Crippen molar-refractivity contribution in [3.63, 3.8) is 0 Å². The number of piperidine rings is 1. The van der Waals surface area contributed by atoms with Crippen molar-refractivity contribution < 1.29 is 4.42 Å². The fourth-order valence-electron chi connectivity index (χ4n) is 4.57. The Kier molecular flexibility index (Phi) is 4.70. The summed E-state index contributed by atoms with van der Waals surface area (Å²) in [5.74, 6) is 3.61. The van der Waals surface area contributed by atoms with E-state index in [9.17, 15) is 0 Å². The van der Waals surface area contributed by atoms with Crippen LogP contribution in [-0.2, 0) is 0 Å². The molecule has 0 spiro atoms. The van der Waals surface area contributed by atoms with Gasteiger partial charge in [-0.1, -0.05) is 24.4 Å². The van der Waals surface area contributed by atoms with Crippen LogP contribution >= 0.6 is 11.6 Å². The van der Waals surface area contributed by atoms with Crippen molar-refractivity contribution in [3.05, 3.63) is 34.6 Å². The Labute approximate surface area is 169 Å². The summed E-state index contributed by atoms with van der Waals surface area (Å²) in [4.78, 5) is 11.8. The normalized spacial score (nSPS) is 25.4. The van der Waals surface area contributed by atoms with Crippen LogP contribution in [0.2, 0.25) is 5.02 Å². The summed E-state index contributed by atoms with van der Waals surface area (Å²) in [6.07, 6.45) is 8.61. The fraction of sp³-hybridized carbons (Fsp3) is 0.600. The number of hydrogen-bond acceptors (Lipinski definition) is 7. The highest BCUT2D eigenvalue weighted by Gasteiger charge is 2.32. The molecule has 8 heteroatoms. The number of fused-ring (bicyclic) bond motifs is 1. The number of nitrogens with one attached hydrogen (secondary N) is 1. The molecule has 4 heterocycles. The van der Waals surface area contributed by atoms with Crippen LogP contribution in [0, 0.1) is 6.92 Å². The molecule has 2 aromatic rings. The predicted octanol–water partition coefficient (Wildman–Crippen LogP) is 3.47. The topological polar surface area (TPSA) is 79.4 Å². The molecule has 0 aromatic carbocycles. The van der Waals surface area contributed by atoms with Gasteiger partial charge in [-0.15, -0.1) is 10.2 Å². The Bertz CT molecular complexity index is 889. The first-order valence-corrected chi connectivity index (χ1v) is 10.6. The number of anilines is 1. The minimum atomic E-state index is 0.327. The number of halogens is 1. The van der Waals surface area contributed by atoms with Gasteiger partial charge in [0.15, 0.2) is 0 Å². The van der Waals surface area contributed by atoms with E-state index in [4.69, 9.17) is 21.0 Å². The third-order valence-electron chi connectivity index (χ3n) is 6.15. The average molecular weight is 401 g/mol. The van der Waals surface area contributed by atoms with Gasteiger partial charge in [0.2, 0.25) is 11.8 Å². The van der Waals surface area contributed by atoms with E-state index in [0.29, 0.717) is 28.9 Å². The zero-order valence-corrected chi connectivity index (χ0v) is 16.8. The molecule has 28 heavy (non-hydrogen) atoms. The Balaban J connectivity index is 1.31. The third-order valence-corrected chi connectivity index (χ3v) is 6.45. The Morgan fingerprint density at radius 3 is 2.71 bits per heavy atom. The molecule has 3 aliphatic rings. The number of aryl methyl sites for hydroxylation is 1. The highest BCUT2D eigenvalue weighted by Crippen LogP contribution is 2.32. The molecule has 1 saturated heterocycles. The summed E-state index contributed by atoms with van der Waals surface area (Å²) in [6, 6.07) is 2.94. The number of aromatic nitrogens is 3. The lowest BCUT2D eigenvalue weighted by molar-refractivity contribution is 0.382. The van der Waals surface area contributed by atoms with Crippen molar-refractivity contribution in [2.75, 3.05) is 18.0 Å². The molecular weight excluding hydrogens is 376 g/mol. The second-order valence-electron chi connectivity index (χ2n) is 8.02. The van der Waals surface area contributed by atoms with Crippen molar-refractivity contribution in [1.82, 2.24) is 20.5 Å². The first kappa shape index (κ1) is 17.9. The molecule has 2 unspecified atom stereocenters. The zero-order valence-electron chi connectivity index (χ0n) is 16.1. The molecule has 7 nitrogen and oxygen atoms in total. The van der Waals surface area contributed by atoms with Gasteiger partial charge in [-0.25, -0.2) is 4.98 Å². The van der Waals surface area contributed by atoms with Gasteiger partial charge in [0.1, 0.15) is 11.7 Å². The molecule has 1 aliphatic carbocycles. The maximum Gasteiger partial charge on any atom is 0.219 e. The molecule has 5 rings (SSSR count). The number of pyridine rings is 1. The van der Waals surface area contributed by atoms with Gasteiger partial charge in [0.05, 0.1) is 11.1 Å². The van der Waals surface area contributed by atoms with Crippen molar-refractivity contribution >= 4 is 23.3 Å². The molecule has 0 amide bonds. The molecule has 148 valence electrons. The summed E-state index contributed by atoms with van der Waals surface area (Å²) in [7, 11) is 0. The molecular formula is C20H25ClN6O. The lowest BCUT2D eigenvalue weighted by Crippen LogP contribution is -2.37. The van der Waals surface area contributed by atoms with Gasteiger partial charge < -0.3 is 14.6 Å². The second kappa shape index (κ2) is 7.35. The van der Waals surface area contributed by atoms with Gasteiger partial charge >= 0.3 is 0 Å². The second-order valence-corrected chi connectivity index (χ2v) is 8.43. The standard InChI is InChI=1S/C20H25ClN6O/c1-12-25-26-20(28-12)13-6-8-27(9-7-13)18-10-14(15(21)11-22-18)19-23-16-4-2-3-5-17(16)24-19/h10-11,13,16-17H,2-9H2,1H3,(H,23,24). The summed E-state index contributed by atoms with van der Waals surface area (Å²) in [5, 5.41) is 12.4. The lowest BCUT2D eigenvalue weighted by Gasteiger charge is -2.31. The maximum absolute atomic E-state index is 6.49. The van der Waals surface area contributed by atoms with Gasteiger partial charge in [-0.3, -0.25) is 4.99 Å². The SMILES string of the molecule is Cc1nnc(C2CCN(c3cc(C4=NC5CCCCC5N4)c(Cl)cn3)CC2)o1. The fourth-order valence-corrected chi connectivity index (χ4v) is 4.77. The molecule has 2 aromatic heterocycles. The summed E-state index contributed by atoms with van der Waals surface area (Å²) in [5.41, 5.74) is 0.968. The number of nitrogens with zero attached hydrogens (tertiary/aromatic N) is 5. The highest BCUT2D eigenvalue weighted by atomic mass is 35.5. The Morgan fingerprint density at radius 1 is 1.14 bits per heavy atom. The van der Waals surface area contributed by atoms with Crippen LogP contribution in [0.25, 0.3) is 0 Å². The van der Waals surface area contributed by atoms with Crippen LogP contribution in [0.15, 0.2) is 21.7 Å². The number of rotatable bonds is 3. The molecule has 1 saturated carbocycles. The van der Waals surface area contributed by atoms with E-state index in [1.165, 1.54) is 25.7 Å². The largest absolute Gasteiger partial charge is 0.425 e. The molecule has 2 atom stereocenters. The average Bonchev–Trinajstić information content (AvgIpc) is 3.34. The van der Waals surface area contributed by atoms with Crippen LogP contribution in [0.3, 0.4) is 0 Å². The molecule has 1 N–H and O–H groups in total. The van der Waals surface area contributed by atoms with E-state index in [2.05, 4.69) is 31.5 Å². The maximum atomic E-state index is 6.49. The molecule has 2 fully saturated rings. The van der Waals surface area contributed by atoms with Crippen molar-refractivity contribution in [2.45, 2.75) is 63.5 Å². The number of aliphatic imine (C=N–C) groups is 1. The van der Waals surface area contributed by atoms with Crippen molar-refractivity contribution in [2.24, 2.45) is 4.99 Å². The van der Waals surface area contributed by atoms with Crippen molar-refractivity contribution in [3.8, 4) is 0 Å². The summed E-state index contributed by atoms with van der Waals surface area (Å²) in [6.45, 7) is 3.65. The third kappa shape index (κ3) is 3.36. The Morgan fingerprint density at radius 2 is 1.96 bits per heavy atom. The van der Waals surface area contributed by atoms with Gasteiger partial charge in [0, 0.05) is 43.7 Å². The minimum Gasteiger partial charge on any atom is -0.425 e. The first-order valence-electron chi connectivity index (χ1n) is 10.2. The van der Waals surface area contributed by atoms with Crippen LogP contribution in [0.1, 0.15) is 61.8 Å². The van der Waals surface area contributed by atoms with Crippen LogP contribution < -0.4 is 10.2 Å². The van der Waals surface area contributed by atoms with E-state index in [1.54, 1.807) is 6.20 Å². The lowest BCUT2D eigenvalue weighted by atomic mass is 9.92. The van der Waals surface area contributed by atoms with Crippen LogP contribution in [0.4, 0.5) is 5.82 Å². The number of amidine groups is 1. The Hall–Kier alpha value is -2.15. The monoisotopic (exact) mass is 400 g/mol. The van der Waals surface area contributed by atoms with Crippen LogP contribution in [-0.4, -0.2) is 46.2 Å². The van der Waals surface area contributed by atoms with E-state index >= 15 is 0 Å². The smallest absolute Gasteiger partial charge is 0.219 e. The number of hydrogen-bond donors (Lipinski definition) is 1. The van der Waals surface area contributed by atoms with E-state index in [0.717, 1.165) is 49.0 Å².